The first kappa shape index (κ1) is 17.6. The van der Waals surface area contributed by atoms with E-state index in [2.05, 4.69) is 42.6 Å². The van der Waals surface area contributed by atoms with Crippen LogP contribution in [0.1, 0.15) is 40.0 Å². The highest BCUT2D eigenvalue weighted by atomic mass is 32.2. The lowest BCUT2D eigenvalue weighted by Gasteiger charge is -2.19. The molecule has 118 valence electrons. The molecular formula is C15H32N4S. The van der Waals surface area contributed by atoms with E-state index in [-0.39, 0.29) is 0 Å². The van der Waals surface area contributed by atoms with Gasteiger partial charge in [-0.25, -0.2) is 0 Å². The van der Waals surface area contributed by atoms with Gasteiger partial charge in [0.1, 0.15) is 0 Å². The van der Waals surface area contributed by atoms with Crippen LogP contribution >= 0.6 is 11.8 Å². The van der Waals surface area contributed by atoms with Gasteiger partial charge in [-0.05, 0) is 45.5 Å². The Hall–Kier alpha value is -0.420. The number of hydrogen-bond acceptors (Lipinski definition) is 3. The van der Waals surface area contributed by atoms with Crippen LogP contribution in [0.4, 0.5) is 0 Å². The molecule has 5 heteroatoms. The van der Waals surface area contributed by atoms with Crippen molar-refractivity contribution in [3.05, 3.63) is 0 Å². The summed E-state index contributed by atoms with van der Waals surface area (Å²) in [4.78, 5) is 7.12. The van der Waals surface area contributed by atoms with Crippen LogP contribution < -0.4 is 10.6 Å². The Morgan fingerprint density at radius 2 is 2.00 bits per heavy atom. The van der Waals surface area contributed by atoms with Gasteiger partial charge < -0.3 is 15.5 Å². The van der Waals surface area contributed by atoms with Gasteiger partial charge in [0.05, 0.1) is 6.54 Å². The highest BCUT2D eigenvalue weighted by Gasteiger charge is 2.24. The molecule has 1 fully saturated rings. The molecule has 0 radical (unpaired) electrons. The maximum Gasteiger partial charge on any atom is 0.191 e. The number of aliphatic imine (C=N–C) groups is 1. The SMILES string of the molecule is CCNC(=NCCN(CC)CC)NC1CCC(SC)C1. The molecule has 20 heavy (non-hydrogen) atoms. The average molecular weight is 301 g/mol. The molecule has 0 aromatic rings. The van der Waals surface area contributed by atoms with Crippen molar-refractivity contribution >= 4 is 17.7 Å². The van der Waals surface area contributed by atoms with Crippen molar-refractivity contribution in [1.82, 2.24) is 15.5 Å². The number of likely N-dealkylation sites (N-methyl/N-ethyl adjacent to an activating group) is 1. The van der Waals surface area contributed by atoms with E-state index in [0.717, 1.165) is 43.9 Å². The molecule has 2 N–H and O–H groups in total. The Morgan fingerprint density at radius 3 is 2.55 bits per heavy atom. The minimum absolute atomic E-state index is 0.596. The van der Waals surface area contributed by atoms with E-state index in [4.69, 9.17) is 4.99 Å². The van der Waals surface area contributed by atoms with Gasteiger partial charge in [-0.3, -0.25) is 4.99 Å². The van der Waals surface area contributed by atoms with E-state index in [1.165, 1.54) is 19.3 Å². The van der Waals surface area contributed by atoms with Crippen molar-refractivity contribution in [3.63, 3.8) is 0 Å². The lowest BCUT2D eigenvalue weighted by molar-refractivity contribution is 0.313. The van der Waals surface area contributed by atoms with Gasteiger partial charge in [-0.1, -0.05) is 13.8 Å². The van der Waals surface area contributed by atoms with Crippen molar-refractivity contribution in [3.8, 4) is 0 Å². The van der Waals surface area contributed by atoms with Crippen LogP contribution in [0.2, 0.25) is 0 Å². The van der Waals surface area contributed by atoms with E-state index < -0.39 is 0 Å². The minimum Gasteiger partial charge on any atom is -0.357 e. The molecule has 0 spiro atoms. The van der Waals surface area contributed by atoms with Crippen LogP contribution in [0, 0.1) is 0 Å². The zero-order valence-corrected chi connectivity index (χ0v) is 14.4. The Kier molecular flexibility index (Phi) is 9.10. The predicted octanol–water partition coefficient (Wildman–Crippen LogP) is 2.17. The third kappa shape index (κ3) is 6.35. The molecule has 0 aromatic heterocycles. The third-order valence-electron chi connectivity index (χ3n) is 3.98. The third-order valence-corrected chi connectivity index (χ3v) is 5.08. The fourth-order valence-corrected chi connectivity index (χ4v) is 3.44. The summed E-state index contributed by atoms with van der Waals surface area (Å²) in [5, 5.41) is 7.79. The summed E-state index contributed by atoms with van der Waals surface area (Å²) in [6.07, 6.45) is 6.09. The molecule has 1 aliphatic rings. The summed E-state index contributed by atoms with van der Waals surface area (Å²) in [5.41, 5.74) is 0. The van der Waals surface area contributed by atoms with Gasteiger partial charge in [-0.15, -0.1) is 0 Å². The van der Waals surface area contributed by atoms with E-state index in [1.807, 2.05) is 11.8 Å². The van der Waals surface area contributed by atoms with Gasteiger partial charge in [0.25, 0.3) is 0 Å². The molecular weight excluding hydrogens is 268 g/mol. The van der Waals surface area contributed by atoms with Crippen LogP contribution in [0.3, 0.4) is 0 Å². The van der Waals surface area contributed by atoms with Gasteiger partial charge >= 0.3 is 0 Å². The Bertz CT molecular complexity index is 279. The van der Waals surface area contributed by atoms with Gasteiger partial charge in [0.15, 0.2) is 5.96 Å². The van der Waals surface area contributed by atoms with Crippen LogP contribution in [0.25, 0.3) is 0 Å². The molecule has 0 bridgehead atoms. The molecule has 1 rings (SSSR count). The molecule has 1 aliphatic carbocycles. The fourth-order valence-electron chi connectivity index (χ4n) is 2.64. The second-order valence-corrected chi connectivity index (χ2v) is 6.44. The molecule has 2 atom stereocenters. The average Bonchev–Trinajstić information content (AvgIpc) is 2.91. The molecule has 0 saturated heterocycles. The first-order chi connectivity index (χ1) is 9.73. The number of rotatable bonds is 8. The largest absolute Gasteiger partial charge is 0.357 e. The topological polar surface area (TPSA) is 39.7 Å². The summed E-state index contributed by atoms with van der Waals surface area (Å²) in [6, 6.07) is 0.596. The summed E-state index contributed by atoms with van der Waals surface area (Å²) < 4.78 is 0. The molecule has 4 nitrogen and oxygen atoms in total. The first-order valence-electron chi connectivity index (χ1n) is 8.03. The lowest BCUT2D eigenvalue weighted by atomic mass is 10.2. The van der Waals surface area contributed by atoms with Gasteiger partial charge in [0, 0.05) is 24.4 Å². The summed E-state index contributed by atoms with van der Waals surface area (Å²) in [5.74, 6) is 0.992. The smallest absolute Gasteiger partial charge is 0.191 e. The molecule has 0 heterocycles. The van der Waals surface area contributed by atoms with E-state index >= 15 is 0 Å². The second kappa shape index (κ2) is 10.3. The van der Waals surface area contributed by atoms with Crippen LogP contribution in [-0.4, -0.2) is 61.1 Å². The molecule has 0 aliphatic heterocycles. The molecule has 0 aromatic carbocycles. The van der Waals surface area contributed by atoms with E-state index in [9.17, 15) is 0 Å². The number of nitrogens with one attached hydrogen (secondary N) is 2. The van der Waals surface area contributed by atoms with Crippen molar-refractivity contribution < 1.29 is 0 Å². The number of nitrogens with zero attached hydrogens (tertiary/aromatic N) is 2. The van der Waals surface area contributed by atoms with Crippen molar-refractivity contribution in [2.75, 3.05) is 39.0 Å². The quantitative estimate of drug-likeness (QED) is 0.532. The monoisotopic (exact) mass is 300 g/mol. The van der Waals surface area contributed by atoms with E-state index in [0.29, 0.717) is 6.04 Å². The number of thioether (sulfide) groups is 1. The van der Waals surface area contributed by atoms with Gasteiger partial charge in [-0.2, -0.15) is 11.8 Å². The minimum atomic E-state index is 0.596. The fraction of sp³-hybridized carbons (Fsp3) is 0.933. The second-order valence-electron chi connectivity index (χ2n) is 5.30. The van der Waals surface area contributed by atoms with Crippen molar-refractivity contribution in [1.29, 1.82) is 0 Å². The molecule has 1 saturated carbocycles. The van der Waals surface area contributed by atoms with Crippen LogP contribution in [0.5, 0.6) is 0 Å². The predicted molar refractivity (Wildman–Crippen MR) is 91.8 cm³/mol. The molecule has 0 amide bonds. The zero-order chi connectivity index (χ0) is 14.8. The number of guanidine groups is 1. The molecule has 2 unspecified atom stereocenters. The maximum atomic E-state index is 4.71. The summed E-state index contributed by atoms with van der Waals surface area (Å²) >= 11 is 2.00. The standard InChI is InChI=1S/C15H32N4S/c1-5-16-15(17-10-11-19(6-2)7-3)18-13-8-9-14(12-13)20-4/h13-14H,5-12H2,1-4H3,(H2,16,17,18). The first-order valence-corrected chi connectivity index (χ1v) is 9.32. The summed E-state index contributed by atoms with van der Waals surface area (Å²) in [7, 11) is 0. The van der Waals surface area contributed by atoms with Crippen molar-refractivity contribution in [2.24, 2.45) is 4.99 Å². The van der Waals surface area contributed by atoms with E-state index in [1.54, 1.807) is 0 Å². The highest BCUT2D eigenvalue weighted by Crippen LogP contribution is 2.27. The zero-order valence-electron chi connectivity index (χ0n) is 13.6. The maximum absolute atomic E-state index is 4.71. The Morgan fingerprint density at radius 1 is 1.25 bits per heavy atom. The van der Waals surface area contributed by atoms with Crippen LogP contribution in [0.15, 0.2) is 4.99 Å². The number of hydrogen-bond donors (Lipinski definition) is 2. The van der Waals surface area contributed by atoms with Gasteiger partial charge in [0.2, 0.25) is 0 Å². The lowest BCUT2D eigenvalue weighted by Crippen LogP contribution is -2.43. The Labute approximate surface area is 129 Å². The summed E-state index contributed by atoms with van der Waals surface area (Å²) in [6.45, 7) is 11.6. The normalized spacial score (nSPS) is 23.4. The van der Waals surface area contributed by atoms with Crippen molar-refractivity contribution in [2.45, 2.75) is 51.3 Å². The highest BCUT2D eigenvalue weighted by molar-refractivity contribution is 7.99. The Balaban J connectivity index is 2.39. The van der Waals surface area contributed by atoms with Crippen LogP contribution in [-0.2, 0) is 0 Å².